The van der Waals surface area contributed by atoms with Crippen LogP contribution in [0.5, 0.6) is 0 Å². The van der Waals surface area contributed by atoms with Gasteiger partial charge in [-0.2, -0.15) is 0 Å². The molecule has 0 aliphatic carbocycles. The Morgan fingerprint density at radius 2 is 1.88 bits per heavy atom. The first-order valence-electron chi connectivity index (χ1n) is 8.27. The van der Waals surface area contributed by atoms with Crippen molar-refractivity contribution in [2.75, 3.05) is 18.4 Å². The third-order valence-electron chi connectivity index (χ3n) is 4.39. The summed E-state index contributed by atoms with van der Waals surface area (Å²) >= 11 is 0. The van der Waals surface area contributed by atoms with E-state index in [4.69, 9.17) is 0 Å². The van der Waals surface area contributed by atoms with Gasteiger partial charge in [0.25, 0.3) is 5.91 Å². The third-order valence-corrected chi connectivity index (χ3v) is 4.39. The maximum Gasteiger partial charge on any atom is 0.258 e. The topological polar surface area (TPSA) is 52.6 Å². The van der Waals surface area contributed by atoms with Crippen molar-refractivity contribution in [1.82, 2.24) is 4.90 Å². The molecule has 0 radical (unpaired) electrons. The van der Waals surface area contributed by atoms with E-state index < -0.39 is 17.5 Å². The Bertz CT molecular complexity index is 759. The van der Waals surface area contributed by atoms with Crippen LogP contribution in [-0.4, -0.2) is 35.1 Å². The molecule has 0 aromatic heterocycles. The largest absolute Gasteiger partial charge is 0.393 e. The lowest BCUT2D eigenvalue weighted by Gasteiger charge is -2.30. The summed E-state index contributed by atoms with van der Waals surface area (Å²) in [6.45, 7) is 2.21. The number of piperidine rings is 1. The van der Waals surface area contributed by atoms with Gasteiger partial charge >= 0.3 is 0 Å². The van der Waals surface area contributed by atoms with Crippen LogP contribution in [0.2, 0.25) is 0 Å². The molecule has 1 fully saturated rings. The molecule has 3 rings (SSSR count). The van der Waals surface area contributed by atoms with Gasteiger partial charge in [0.1, 0.15) is 11.6 Å². The van der Waals surface area contributed by atoms with Crippen LogP contribution < -0.4 is 5.32 Å². The van der Waals surface area contributed by atoms with Gasteiger partial charge in [0, 0.05) is 31.4 Å². The Morgan fingerprint density at radius 1 is 1.16 bits per heavy atom. The fourth-order valence-electron chi connectivity index (χ4n) is 2.96. The number of nitrogens with zero attached hydrogens (tertiary/aromatic N) is 1. The SMILES string of the molecule is O=C(Nc1ccccc1CN1CCC(O)CC1)c1ccc(F)cc1F. The molecule has 0 spiro atoms. The molecule has 1 saturated heterocycles. The molecule has 2 N–H and O–H groups in total. The lowest BCUT2D eigenvalue weighted by Crippen LogP contribution is -2.35. The van der Waals surface area contributed by atoms with Gasteiger partial charge in [-0.15, -0.1) is 0 Å². The van der Waals surface area contributed by atoms with Gasteiger partial charge < -0.3 is 10.4 Å². The summed E-state index contributed by atoms with van der Waals surface area (Å²) in [5, 5.41) is 12.3. The summed E-state index contributed by atoms with van der Waals surface area (Å²) in [5.41, 5.74) is 1.31. The summed E-state index contributed by atoms with van der Waals surface area (Å²) in [4.78, 5) is 14.5. The Kier molecular flexibility index (Phi) is 5.40. The maximum absolute atomic E-state index is 13.8. The number of hydrogen-bond donors (Lipinski definition) is 2. The molecule has 6 heteroatoms. The minimum atomic E-state index is -0.889. The van der Waals surface area contributed by atoms with Gasteiger partial charge in [0.15, 0.2) is 0 Å². The van der Waals surface area contributed by atoms with Crippen molar-refractivity contribution in [3.63, 3.8) is 0 Å². The van der Waals surface area contributed by atoms with Crippen molar-refractivity contribution in [2.24, 2.45) is 0 Å². The number of nitrogens with one attached hydrogen (secondary N) is 1. The van der Waals surface area contributed by atoms with E-state index in [-0.39, 0.29) is 11.7 Å². The fraction of sp³-hybridized carbons (Fsp3) is 0.316. The molecule has 132 valence electrons. The zero-order chi connectivity index (χ0) is 17.8. The average Bonchev–Trinajstić information content (AvgIpc) is 2.58. The van der Waals surface area contributed by atoms with E-state index in [2.05, 4.69) is 10.2 Å². The first kappa shape index (κ1) is 17.5. The van der Waals surface area contributed by atoms with Crippen molar-refractivity contribution in [2.45, 2.75) is 25.5 Å². The summed E-state index contributed by atoms with van der Waals surface area (Å²) in [6.07, 6.45) is 1.22. The molecule has 1 aliphatic rings. The van der Waals surface area contributed by atoms with Crippen molar-refractivity contribution >= 4 is 11.6 Å². The number of anilines is 1. The number of amides is 1. The van der Waals surface area contributed by atoms with Gasteiger partial charge in [-0.1, -0.05) is 18.2 Å². The van der Waals surface area contributed by atoms with Gasteiger partial charge in [0.2, 0.25) is 0 Å². The zero-order valence-electron chi connectivity index (χ0n) is 13.7. The van der Waals surface area contributed by atoms with E-state index >= 15 is 0 Å². The van der Waals surface area contributed by atoms with Crippen LogP contribution in [-0.2, 0) is 6.54 Å². The Morgan fingerprint density at radius 3 is 2.60 bits per heavy atom. The van der Waals surface area contributed by atoms with Gasteiger partial charge in [-0.3, -0.25) is 9.69 Å². The molecule has 1 aliphatic heterocycles. The number of likely N-dealkylation sites (tertiary alicyclic amines) is 1. The van der Waals surface area contributed by atoms with E-state index in [1.807, 2.05) is 12.1 Å². The first-order valence-corrected chi connectivity index (χ1v) is 8.27. The molecule has 1 heterocycles. The number of rotatable bonds is 4. The number of carbonyl (C=O) groups is 1. The van der Waals surface area contributed by atoms with E-state index in [9.17, 15) is 18.7 Å². The van der Waals surface area contributed by atoms with E-state index in [0.29, 0.717) is 18.3 Å². The van der Waals surface area contributed by atoms with Crippen LogP contribution in [0, 0.1) is 11.6 Å². The summed E-state index contributed by atoms with van der Waals surface area (Å²) in [6, 6.07) is 10.2. The smallest absolute Gasteiger partial charge is 0.258 e. The van der Waals surface area contributed by atoms with Crippen molar-refractivity contribution in [3.05, 3.63) is 65.2 Å². The Labute approximate surface area is 145 Å². The molecule has 0 bridgehead atoms. The number of halogens is 2. The molecular formula is C19H20F2N2O2. The second-order valence-corrected chi connectivity index (χ2v) is 6.24. The van der Waals surface area contributed by atoms with Gasteiger partial charge in [0.05, 0.1) is 11.7 Å². The van der Waals surface area contributed by atoms with Crippen molar-refractivity contribution in [3.8, 4) is 0 Å². The average molecular weight is 346 g/mol. The summed E-state index contributed by atoms with van der Waals surface area (Å²) < 4.78 is 26.8. The highest BCUT2D eigenvalue weighted by molar-refractivity contribution is 6.04. The minimum absolute atomic E-state index is 0.197. The number of aliphatic hydroxyl groups is 1. The molecule has 2 aromatic carbocycles. The standard InChI is InChI=1S/C19H20F2N2O2/c20-14-5-6-16(17(21)11-14)19(25)22-18-4-2-1-3-13(18)12-23-9-7-15(24)8-10-23/h1-6,11,15,24H,7-10,12H2,(H,22,25). The number of carbonyl (C=O) groups excluding carboxylic acids is 1. The highest BCUT2D eigenvalue weighted by Crippen LogP contribution is 2.21. The highest BCUT2D eigenvalue weighted by Gasteiger charge is 2.19. The van der Waals surface area contributed by atoms with Crippen LogP contribution in [0.15, 0.2) is 42.5 Å². The fourth-order valence-corrected chi connectivity index (χ4v) is 2.96. The monoisotopic (exact) mass is 346 g/mol. The second-order valence-electron chi connectivity index (χ2n) is 6.24. The van der Waals surface area contributed by atoms with Gasteiger partial charge in [-0.25, -0.2) is 8.78 Å². The summed E-state index contributed by atoms with van der Waals surface area (Å²) in [7, 11) is 0. The molecule has 0 saturated carbocycles. The van der Waals surface area contributed by atoms with Crippen molar-refractivity contribution in [1.29, 1.82) is 0 Å². The lowest BCUT2D eigenvalue weighted by atomic mass is 10.1. The summed E-state index contributed by atoms with van der Waals surface area (Å²) in [5.74, 6) is -2.22. The van der Waals surface area contributed by atoms with E-state index in [1.54, 1.807) is 12.1 Å². The van der Waals surface area contributed by atoms with Crippen LogP contribution >= 0.6 is 0 Å². The minimum Gasteiger partial charge on any atom is -0.393 e. The normalized spacial score (nSPS) is 16.0. The first-order chi connectivity index (χ1) is 12.0. The lowest BCUT2D eigenvalue weighted by molar-refractivity contribution is 0.0793. The number of benzene rings is 2. The van der Waals surface area contributed by atoms with Crippen LogP contribution in [0.1, 0.15) is 28.8 Å². The van der Waals surface area contributed by atoms with Crippen molar-refractivity contribution < 1.29 is 18.7 Å². The molecule has 25 heavy (non-hydrogen) atoms. The molecule has 0 unspecified atom stereocenters. The Balaban J connectivity index is 1.73. The van der Waals surface area contributed by atoms with Crippen LogP contribution in [0.3, 0.4) is 0 Å². The number of aliphatic hydroxyl groups excluding tert-OH is 1. The third kappa shape index (κ3) is 4.41. The van der Waals surface area contributed by atoms with E-state index in [1.165, 1.54) is 0 Å². The highest BCUT2D eigenvalue weighted by atomic mass is 19.1. The quantitative estimate of drug-likeness (QED) is 0.894. The number of hydrogen-bond acceptors (Lipinski definition) is 3. The number of para-hydroxylation sites is 1. The van der Waals surface area contributed by atoms with Gasteiger partial charge in [-0.05, 0) is 36.6 Å². The molecule has 0 atom stereocenters. The molecule has 2 aromatic rings. The van der Waals surface area contributed by atoms with E-state index in [0.717, 1.165) is 43.6 Å². The predicted molar refractivity (Wildman–Crippen MR) is 91.3 cm³/mol. The predicted octanol–water partition coefficient (Wildman–Crippen LogP) is 3.17. The maximum atomic E-state index is 13.8. The zero-order valence-corrected chi connectivity index (χ0v) is 13.7. The second kappa shape index (κ2) is 7.72. The molecular weight excluding hydrogens is 326 g/mol. The van der Waals surface area contributed by atoms with Crippen LogP contribution in [0.25, 0.3) is 0 Å². The Hall–Kier alpha value is -2.31. The van der Waals surface area contributed by atoms with Crippen LogP contribution in [0.4, 0.5) is 14.5 Å². The molecule has 4 nitrogen and oxygen atoms in total. The molecule has 1 amide bonds.